The topological polar surface area (TPSA) is 95.4 Å². The number of carbonyl (C=O) groups is 1. The molecule has 0 aliphatic carbocycles. The van der Waals surface area contributed by atoms with E-state index in [0.717, 1.165) is 12.6 Å². The van der Waals surface area contributed by atoms with Gasteiger partial charge in [0, 0.05) is 24.5 Å². The van der Waals surface area contributed by atoms with Gasteiger partial charge in [-0.3, -0.25) is 9.59 Å². The first kappa shape index (κ1) is 21.2. The smallest absolute Gasteiger partial charge is 0.278 e. The number of hydrogen-bond acceptors (Lipinski definition) is 5. The van der Waals surface area contributed by atoms with Gasteiger partial charge in [0.1, 0.15) is 17.2 Å². The van der Waals surface area contributed by atoms with Crippen LogP contribution in [0.4, 0.5) is 19.0 Å². The van der Waals surface area contributed by atoms with Gasteiger partial charge < -0.3 is 15.2 Å². The highest BCUT2D eigenvalue weighted by Gasteiger charge is 2.31. The molecule has 0 aromatic carbocycles. The number of H-pyrrole nitrogens is 1. The summed E-state index contributed by atoms with van der Waals surface area (Å²) in [7, 11) is 0. The minimum absolute atomic E-state index is 0.0200. The van der Waals surface area contributed by atoms with Crippen LogP contribution < -0.4 is 15.8 Å². The van der Waals surface area contributed by atoms with Gasteiger partial charge in [-0.05, 0) is 25.0 Å². The van der Waals surface area contributed by atoms with Crippen molar-refractivity contribution in [2.45, 2.75) is 24.8 Å². The Hall–Kier alpha value is -3.08. The van der Waals surface area contributed by atoms with Crippen LogP contribution in [0.1, 0.15) is 34.8 Å². The van der Waals surface area contributed by atoms with Gasteiger partial charge in [0.25, 0.3) is 17.4 Å². The van der Waals surface area contributed by atoms with Crippen molar-refractivity contribution in [3.8, 4) is 0 Å². The van der Waals surface area contributed by atoms with Crippen LogP contribution in [0, 0.1) is 5.82 Å². The van der Waals surface area contributed by atoms with Gasteiger partial charge in [-0.25, -0.2) is 22.7 Å². The van der Waals surface area contributed by atoms with Crippen LogP contribution in [0.15, 0.2) is 35.5 Å². The highest BCUT2D eigenvalue weighted by molar-refractivity contribution is 6.18. The quantitative estimate of drug-likeness (QED) is 0.558. The minimum Gasteiger partial charge on any atom is -0.349 e. The van der Waals surface area contributed by atoms with Crippen LogP contribution in [0.3, 0.4) is 0 Å². The summed E-state index contributed by atoms with van der Waals surface area (Å²) >= 11 is 5.19. The molecule has 31 heavy (non-hydrogen) atoms. The number of halogens is 4. The second-order valence-electron chi connectivity index (χ2n) is 7.24. The normalized spacial score (nSPS) is 16.8. The summed E-state index contributed by atoms with van der Waals surface area (Å²) in [5.41, 5.74) is 0.0903. The van der Waals surface area contributed by atoms with E-state index in [2.05, 4.69) is 20.4 Å². The van der Waals surface area contributed by atoms with Gasteiger partial charge in [0.15, 0.2) is 5.65 Å². The lowest BCUT2D eigenvalue weighted by molar-refractivity contribution is 0.0257. The molecule has 3 aromatic heterocycles. The Bertz CT molecular complexity index is 1180. The predicted octanol–water partition coefficient (Wildman–Crippen LogP) is 2.50. The first-order chi connectivity index (χ1) is 14.8. The summed E-state index contributed by atoms with van der Waals surface area (Å²) in [5, 5.41) is 6.17. The molecule has 1 amide bonds. The lowest BCUT2D eigenvalue weighted by Gasteiger charge is -2.25. The summed E-state index contributed by atoms with van der Waals surface area (Å²) in [6, 6.07) is 2.47. The van der Waals surface area contributed by atoms with Gasteiger partial charge in [-0.1, -0.05) is 0 Å². The average Bonchev–Trinajstić information content (AvgIpc) is 3.40. The van der Waals surface area contributed by atoms with Crippen LogP contribution in [0.2, 0.25) is 0 Å². The molecule has 12 heteroatoms. The molecule has 1 atom stereocenters. The first-order valence-corrected chi connectivity index (χ1v) is 10.0. The second-order valence-corrected chi connectivity index (χ2v) is 7.51. The standard InChI is InChI=1S/C19H18ClF3N6O2/c20-9-19(22,23)10-25-18(31)13-8-26-29-5-3-15(27-16(13)29)28-4-1-2-14(28)12-6-11(21)7-24-17(12)30/h3,5-8,14H,1-2,4,9-10H2,(H,24,30)(H,25,31). The lowest BCUT2D eigenvalue weighted by Crippen LogP contribution is -2.37. The third kappa shape index (κ3) is 4.22. The van der Waals surface area contributed by atoms with Crippen LogP contribution >= 0.6 is 11.6 Å². The second kappa shape index (κ2) is 8.22. The number of nitrogens with one attached hydrogen (secondary N) is 2. The third-order valence-corrected chi connectivity index (χ3v) is 5.50. The monoisotopic (exact) mass is 454 g/mol. The van der Waals surface area contributed by atoms with Crippen LogP contribution in [-0.2, 0) is 0 Å². The number of aromatic nitrogens is 4. The fourth-order valence-electron chi connectivity index (χ4n) is 3.62. The molecule has 0 saturated carbocycles. The number of amides is 1. The SMILES string of the molecule is O=C(NCC(F)(F)CCl)c1cnn2ccc(N3CCCC3c3cc(F)c[nH]c3=O)nc12. The van der Waals surface area contributed by atoms with E-state index in [9.17, 15) is 22.8 Å². The van der Waals surface area contributed by atoms with Crippen molar-refractivity contribution in [2.75, 3.05) is 23.9 Å². The van der Waals surface area contributed by atoms with E-state index in [1.807, 2.05) is 4.90 Å². The van der Waals surface area contributed by atoms with Crippen LogP contribution in [0.25, 0.3) is 5.65 Å². The van der Waals surface area contributed by atoms with Crippen molar-refractivity contribution in [1.82, 2.24) is 24.9 Å². The van der Waals surface area contributed by atoms with Crippen molar-refractivity contribution >= 4 is 29.0 Å². The molecule has 3 aromatic rings. The maximum atomic E-state index is 13.7. The number of fused-ring (bicyclic) bond motifs is 1. The zero-order chi connectivity index (χ0) is 22.2. The molecule has 1 unspecified atom stereocenters. The molecule has 0 bridgehead atoms. The van der Waals surface area contributed by atoms with E-state index in [1.165, 1.54) is 16.8 Å². The number of nitrogens with zero attached hydrogens (tertiary/aromatic N) is 4. The molecule has 0 radical (unpaired) electrons. The Balaban J connectivity index is 1.64. The molecule has 2 N–H and O–H groups in total. The maximum Gasteiger partial charge on any atom is 0.278 e. The molecule has 4 rings (SSSR count). The van der Waals surface area contributed by atoms with Crippen LogP contribution in [-0.4, -0.2) is 50.4 Å². The molecule has 1 aliphatic heterocycles. The number of pyridine rings is 1. The number of alkyl halides is 3. The van der Waals surface area contributed by atoms with E-state index >= 15 is 0 Å². The van der Waals surface area contributed by atoms with Gasteiger partial charge in [0.05, 0.1) is 24.7 Å². The zero-order valence-electron chi connectivity index (χ0n) is 16.1. The summed E-state index contributed by atoms with van der Waals surface area (Å²) in [5.74, 6) is -5.00. The highest BCUT2D eigenvalue weighted by Crippen LogP contribution is 2.34. The molecular weight excluding hydrogens is 437 g/mol. The summed E-state index contributed by atoms with van der Waals surface area (Å²) < 4.78 is 41.8. The molecule has 1 aliphatic rings. The van der Waals surface area contributed by atoms with Crippen molar-refractivity contribution in [2.24, 2.45) is 0 Å². The Morgan fingerprint density at radius 3 is 3.00 bits per heavy atom. The Morgan fingerprint density at radius 2 is 2.23 bits per heavy atom. The Kier molecular flexibility index (Phi) is 5.61. The molecule has 1 fully saturated rings. The van der Waals surface area contributed by atoms with E-state index in [0.29, 0.717) is 18.8 Å². The molecule has 1 saturated heterocycles. The van der Waals surface area contributed by atoms with E-state index < -0.39 is 36.1 Å². The first-order valence-electron chi connectivity index (χ1n) is 9.50. The molecule has 164 valence electrons. The fourth-order valence-corrected chi connectivity index (χ4v) is 3.71. The van der Waals surface area contributed by atoms with Gasteiger partial charge in [-0.15, -0.1) is 11.6 Å². The number of aromatic amines is 1. The molecule has 8 nitrogen and oxygen atoms in total. The Morgan fingerprint density at radius 1 is 1.42 bits per heavy atom. The predicted molar refractivity (Wildman–Crippen MR) is 107 cm³/mol. The minimum atomic E-state index is -3.24. The molecule has 0 spiro atoms. The van der Waals surface area contributed by atoms with E-state index in [1.54, 1.807) is 12.3 Å². The Labute approximate surface area is 179 Å². The largest absolute Gasteiger partial charge is 0.349 e. The highest BCUT2D eigenvalue weighted by atomic mass is 35.5. The van der Waals surface area contributed by atoms with Gasteiger partial charge in [0.2, 0.25) is 0 Å². The lowest BCUT2D eigenvalue weighted by atomic mass is 10.1. The summed E-state index contributed by atoms with van der Waals surface area (Å²) in [6.45, 7) is -0.343. The van der Waals surface area contributed by atoms with Crippen LogP contribution in [0.5, 0.6) is 0 Å². The maximum absolute atomic E-state index is 13.7. The fraction of sp³-hybridized carbons (Fsp3) is 0.368. The number of hydrogen-bond donors (Lipinski definition) is 2. The molecule has 4 heterocycles. The van der Waals surface area contributed by atoms with Crippen molar-refractivity contribution in [3.05, 3.63) is 58.0 Å². The van der Waals surface area contributed by atoms with Crippen molar-refractivity contribution < 1.29 is 18.0 Å². The third-order valence-electron chi connectivity index (χ3n) is 5.10. The number of rotatable bonds is 6. The zero-order valence-corrected chi connectivity index (χ0v) is 16.9. The average molecular weight is 455 g/mol. The van der Waals surface area contributed by atoms with Crippen molar-refractivity contribution in [3.63, 3.8) is 0 Å². The summed E-state index contributed by atoms with van der Waals surface area (Å²) in [6.07, 6.45) is 5.19. The number of carbonyl (C=O) groups excluding carboxylic acids is 1. The van der Waals surface area contributed by atoms with E-state index in [4.69, 9.17) is 11.6 Å². The van der Waals surface area contributed by atoms with Crippen molar-refractivity contribution in [1.29, 1.82) is 0 Å². The van der Waals surface area contributed by atoms with E-state index in [-0.39, 0.29) is 22.3 Å². The summed E-state index contributed by atoms with van der Waals surface area (Å²) in [4.78, 5) is 33.3. The van der Waals surface area contributed by atoms with Gasteiger partial charge in [-0.2, -0.15) is 5.10 Å². The molecular formula is C19H18ClF3N6O2. The number of anilines is 1. The van der Waals surface area contributed by atoms with Gasteiger partial charge >= 0.3 is 0 Å².